The predicted octanol–water partition coefficient (Wildman–Crippen LogP) is 5.71. The number of rotatable bonds is 5. The van der Waals surface area contributed by atoms with Crippen LogP contribution in [-0.2, 0) is 0 Å². The van der Waals surface area contributed by atoms with Crippen molar-refractivity contribution in [1.82, 2.24) is 14.8 Å². The first kappa shape index (κ1) is 21.2. The van der Waals surface area contributed by atoms with E-state index in [0.717, 1.165) is 5.56 Å². The molecule has 1 atom stereocenters. The third kappa shape index (κ3) is 3.83. The molecule has 0 amide bonds. The Morgan fingerprint density at radius 3 is 2.50 bits per heavy atom. The minimum Gasteiger partial charge on any atom is -0.478 e. The van der Waals surface area contributed by atoms with Gasteiger partial charge in [0.25, 0.3) is 6.43 Å². The standard InChI is InChI=1S/C25H19F2N3O2/c1-3-5-17-12-13-19(25(31)32)23-20(17)14-28-30(23)15(2)16-8-10-18(11-9-16)21-6-4-7-22(29-21)24(26)27/h4,6-15,24H,1-2H3,(H,31,32)/t15-/m1/s1. The lowest BCUT2D eigenvalue weighted by Gasteiger charge is -2.16. The third-order valence-corrected chi connectivity index (χ3v) is 5.30. The topological polar surface area (TPSA) is 68.0 Å². The Balaban J connectivity index is 1.74. The van der Waals surface area contributed by atoms with Crippen LogP contribution in [0, 0.1) is 11.8 Å². The van der Waals surface area contributed by atoms with E-state index in [1.807, 2.05) is 19.1 Å². The summed E-state index contributed by atoms with van der Waals surface area (Å²) in [6.45, 7) is 3.64. The van der Waals surface area contributed by atoms with E-state index >= 15 is 0 Å². The van der Waals surface area contributed by atoms with Gasteiger partial charge in [-0.25, -0.2) is 18.6 Å². The van der Waals surface area contributed by atoms with Crippen molar-refractivity contribution < 1.29 is 18.7 Å². The fraction of sp³-hybridized carbons (Fsp3) is 0.160. The lowest BCUT2D eigenvalue weighted by Crippen LogP contribution is -2.11. The molecule has 2 aromatic carbocycles. The first-order chi connectivity index (χ1) is 15.4. The van der Waals surface area contributed by atoms with E-state index < -0.39 is 12.4 Å². The molecule has 0 spiro atoms. The van der Waals surface area contributed by atoms with E-state index in [9.17, 15) is 18.7 Å². The molecule has 0 saturated heterocycles. The van der Waals surface area contributed by atoms with Crippen LogP contribution in [0.4, 0.5) is 8.78 Å². The van der Waals surface area contributed by atoms with Crippen molar-refractivity contribution in [3.8, 4) is 23.1 Å². The molecule has 1 N–H and O–H groups in total. The molecule has 160 valence electrons. The fourth-order valence-corrected chi connectivity index (χ4v) is 3.68. The van der Waals surface area contributed by atoms with Crippen molar-refractivity contribution in [2.45, 2.75) is 26.3 Å². The number of carboxylic acids is 1. The number of halogens is 2. The third-order valence-electron chi connectivity index (χ3n) is 5.30. The van der Waals surface area contributed by atoms with E-state index in [2.05, 4.69) is 21.9 Å². The minimum atomic E-state index is -2.63. The molecular weight excluding hydrogens is 412 g/mol. The van der Waals surface area contributed by atoms with Crippen LogP contribution in [0.25, 0.3) is 22.2 Å². The number of carboxylic acid groups (broad SMARTS) is 1. The van der Waals surface area contributed by atoms with Crippen LogP contribution in [0.2, 0.25) is 0 Å². The Hall–Kier alpha value is -4.05. The first-order valence-corrected chi connectivity index (χ1v) is 9.92. The molecule has 0 aliphatic heterocycles. The molecule has 4 aromatic rings. The highest BCUT2D eigenvalue weighted by molar-refractivity contribution is 6.03. The summed E-state index contributed by atoms with van der Waals surface area (Å²) in [5.41, 5.74) is 3.15. The van der Waals surface area contributed by atoms with Crippen LogP contribution in [0.5, 0.6) is 0 Å². The second kappa shape index (κ2) is 8.60. The van der Waals surface area contributed by atoms with Crippen molar-refractivity contribution >= 4 is 16.9 Å². The zero-order valence-electron chi connectivity index (χ0n) is 17.4. The summed E-state index contributed by atoms with van der Waals surface area (Å²) in [5.74, 6) is 4.79. The van der Waals surface area contributed by atoms with Gasteiger partial charge in [0.2, 0.25) is 0 Å². The smallest absolute Gasteiger partial charge is 0.337 e. The number of carbonyl (C=O) groups is 1. The van der Waals surface area contributed by atoms with E-state index in [1.54, 1.807) is 54.2 Å². The lowest BCUT2D eigenvalue weighted by atomic mass is 10.0. The molecule has 0 aliphatic rings. The Kier molecular flexibility index (Phi) is 5.69. The van der Waals surface area contributed by atoms with Gasteiger partial charge in [-0.15, -0.1) is 5.92 Å². The van der Waals surface area contributed by atoms with Gasteiger partial charge in [0.05, 0.1) is 29.0 Å². The molecule has 4 rings (SSSR count). The van der Waals surface area contributed by atoms with Gasteiger partial charge in [-0.3, -0.25) is 4.68 Å². The van der Waals surface area contributed by atoms with E-state index in [1.165, 1.54) is 6.07 Å². The van der Waals surface area contributed by atoms with Gasteiger partial charge in [-0.2, -0.15) is 5.10 Å². The first-order valence-electron chi connectivity index (χ1n) is 9.92. The number of nitrogens with zero attached hydrogens (tertiary/aromatic N) is 3. The maximum absolute atomic E-state index is 13.0. The van der Waals surface area contributed by atoms with Crippen LogP contribution in [0.3, 0.4) is 0 Å². The summed E-state index contributed by atoms with van der Waals surface area (Å²) in [6, 6.07) is 14.8. The van der Waals surface area contributed by atoms with Gasteiger partial charge < -0.3 is 5.11 Å². The maximum atomic E-state index is 13.0. The molecule has 5 nitrogen and oxygen atoms in total. The molecule has 0 unspecified atom stereocenters. The Labute approximate surface area is 183 Å². The van der Waals surface area contributed by atoms with Gasteiger partial charge in [0.1, 0.15) is 5.69 Å². The number of hydrogen-bond acceptors (Lipinski definition) is 3. The lowest BCUT2D eigenvalue weighted by molar-refractivity contribution is 0.0698. The van der Waals surface area contributed by atoms with Crippen molar-refractivity contribution in [3.63, 3.8) is 0 Å². The Morgan fingerprint density at radius 1 is 1.09 bits per heavy atom. The zero-order chi connectivity index (χ0) is 22.8. The quantitative estimate of drug-likeness (QED) is 0.411. The minimum absolute atomic E-state index is 0.149. The molecule has 0 aliphatic carbocycles. The summed E-state index contributed by atoms with van der Waals surface area (Å²) in [5, 5.41) is 14.8. The molecule has 0 bridgehead atoms. The number of aromatic carboxylic acids is 1. The van der Waals surface area contributed by atoms with Crippen LogP contribution in [0.15, 0.2) is 60.8 Å². The molecule has 32 heavy (non-hydrogen) atoms. The van der Waals surface area contributed by atoms with Gasteiger partial charge >= 0.3 is 5.97 Å². The molecule has 0 radical (unpaired) electrons. The molecular formula is C25H19F2N3O2. The zero-order valence-corrected chi connectivity index (χ0v) is 17.4. The van der Waals surface area contributed by atoms with Crippen molar-refractivity contribution in [2.75, 3.05) is 0 Å². The number of hydrogen-bond donors (Lipinski definition) is 1. The average molecular weight is 431 g/mol. The van der Waals surface area contributed by atoms with Gasteiger partial charge in [0, 0.05) is 16.5 Å². The largest absolute Gasteiger partial charge is 0.478 e. The second-order valence-electron chi connectivity index (χ2n) is 7.24. The highest BCUT2D eigenvalue weighted by Crippen LogP contribution is 2.29. The number of fused-ring (bicyclic) bond motifs is 1. The van der Waals surface area contributed by atoms with Crippen LogP contribution < -0.4 is 0 Å². The number of pyridine rings is 1. The normalized spacial score (nSPS) is 11.9. The summed E-state index contributed by atoms with van der Waals surface area (Å²) in [4.78, 5) is 15.9. The summed E-state index contributed by atoms with van der Waals surface area (Å²) in [7, 11) is 0. The van der Waals surface area contributed by atoms with Crippen molar-refractivity contribution in [1.29, 1.82) is 0 Å². The van der Waals surface area contributed by atoms with Crippen molar-refractivity contribution in [2.24, 2.45) is 0 Å². The fourth-order valence-electron chi connectivity index (χ4n) is 3.68. The summed E-state index contributed by atoms with van der Waals surface area (Å²) < 4.78 is 27.6. The SMILES string of the molecule is CC#Cc1ccc(C(=O)O)c2c1cnn2[C@H](C)c1ccc(-c2cccc(C(F)F)n2)cc1. The van der Waals surface area contributed by atoms with E-state index in [-0.39, 0.29) is 17.3 Å². The molecule has 0 saturated carbocycles. The number of alkyl halides is 2. The van der Waals surface area contributed by atoms with Crippen LogP contribution in [0.1, 0.15) is 53.5 Å². The predicted molar refractivity (Wildman–Crippen MR) is 118 cm³/mol. The summed E-state index contributed by atoms with van der Waals surface area (Å²) in [6.07, 6.45) is -1.00. The van der Waals surface area contributed by atoms with Crippen molar-refractivity contribution in [3.05, 3.63) is 83.2 Å². The molecule has 7 heteroatoms. The van der Waals surface area contributed by atoms with Crippen LogP contribution in [-0.4, -0.2) is 25.8 Å². The summed E-state index contributed by atoms with van der Waals surface area (Å²) >= 11 is 0. The maximum Gasteiger partial charge on any atom is 0.337 e. The second-order valence-corrected chi connectivity index (χ2v) is 7.24. The Morgan fingerprint density at radius 2 is 1.84 bits per heavy atom. The molecule has 2 aromatic heterocycles. The van der Waals surface area contributed by atoms with E-state index in [4.69, 9.17) is 0 Å². The number of benzene rings is 2. The molecule has 2 heterocycles. The van der Waals surface area contributed by atoms with E-state index in [0.29, 0.717) is 27.7 Å². The van der Waals surface area contributed by atoms with Crippen LogP contribution >= 0.6 is 0 Å². The Bertz CT molecular complexity index is 1370. The van der Waals surface area contributed by atoms with Gasteiger partial charge in [-0.05, 0) is 43.7 Å². The average Bonchev–Trinajstić information content (AvgIpc) is 3.24. The number of aromatic nitrogens is 3. The van der Waals surface area contributed by atoms with Gasteiger partial charge in [0.15, 0.2) is 0 Å². The monoisotopic (exact) mass is 431 g/mol. The highest BCUT2D eigenvalue weighted by atomic mass is 19.3. The molecule has 0 fully saturated rings. The highest BCUT2D eigenvalue weighted by Gasteiger charge is 2.20. The van der Waals surface area contributed by atoms with Gasteiger partial charge in [-0.1, -0.05) is 36.3 Å².